The zero-order valence-corrected chi connectivity index (χ0v) is 18.8. The molecule has 0 radical (unpaired) electrons. The molecule has 1 heterocycles. The fourth-order valence-corrected chi connectivity index (χ4v) is 3.39. The number of anilines is 1. The molecule has 0 aliphatic rings. The van der Waals surface area contributed by atoms with E-state index in [1.807, 2.05) is 0 Å². The van der Waals surface area contributed by atoms with E-state index in [1.165, 1.54) is 13.3 Å². The number of hydrogen-bond acceptors (Lipinski definition) is 4. The van der Waals surface area contributed by atoms with E-state index in [1.54, 1.807) is 49.5 Å². The Kier molecular flexibility index (Phi) is 8.62. The molecule has 3 N–H and O–H groups in total. The SMILES string of the molecule is CCN(C(=O)N[C@@H](CCC(F)(F)F)C(F)(F)F)C(C)c1cccc(-c2cnc(N)c(OC)c2)c1. The second-order valence-electron chi connectivity index (χ2n) is 7.60. The van der Waals surface area contributed by atoms with Gasteiger partial charge in [-0.25, -0.2) is 9.78 Å². The number of benzene rings is 1. The number of alkyl halides is 6. The molecule has 0 spiro atoms. The summed E-state index contributed by atoms with van der Waals surface area (Å²) >= 11 is 0. The minimum atomic E-state index is -5.02. The first-order valence-corrected chi connectivity index (χ1v) is 10.4. The molecule has 2 amide bonds. The van der Waals surface area contributed by atoms with Crippen molar-refractivity contribution in [3.63, 3.8) is 0 Å². The van der Waals surface area contributed by atoms with Crippen LogP contribution in [0.25, 0.3) is 11.1 Å². The van der Waals surface area contributed by atoms with Crippen molar-refractivity contribution in [2.75, 3.05) is 19.4 Å². The number of aromatic nitrogens is 1. The second-order valence-corrected chi connectivity index (χ2v) is 7.60. The van der Waals surface area contributed by atoms with E-state index in [-0.39, 0.29) is 12.4 Å². The number of halogens is 6. The molecule has 2 rings (SSSR count). The third-order valence-corrected chi connectivity index (χ3v) is 5.28. The highest BCUT2D eigenvalue weighted by molar-refractivity contribution is 5.75. The van der Waals surface area contributed by atoms with E-state index in [9.17, 15) is 31.1 Å². The number of nitrogens with one attached hydrogen (secondary N) is 1. The van der Waals surface area contributed by atoms with Crippen LogP contribution in [0.4, 0.5) is 37.0 Å². The minimum absolute atomic E-state index is 0.0261. The summed E-state index contributed by atoms with van der Waals surface area (Å²) in [5.74, 6) is 0.567. The maximum atomic E-state index is 13.3. The van der Waals surface area contributed by atoms with Gasteiger partial charge in [0, 0.05) is 24.7 Å². The zero-order valence-electron chi connectivity index (χ0n) is 18.8. The van der Waals surface area contributed by atoms with Crippen LogP contribution in [-0.4, -0.2) is 48.0 Å². The van der Waals surface area contributed by atoms with E-state index < -0.39 is 43.3 Å². The molecule has 6 nitrogen and oxygen atoms in total. The molecular weight excluding hydrogens is 466 g/mol. The quantitative estimate of drug-likeness (QED) is 0.463. The summed E-state index contributed by atoms with van der Waals surface area (Å²) in [4.78, 5) is 17.8. The Morgan fingerprint density at radius 1 is 1.18 bits per heavy atom. The summed E-state index contributed by atoms with van der Waals surface area (Å²) in [5.41, 5.74) is 7.70. The Balaban J connectivity index is 2.25. The van der Waals surface area contributed by atoms with Crippen LogP contribution in [0.15, 0.2) is 36.5 Å². The lowest BCUT2D eigenvalue weighted by atomic mass is 10.00. The van der Waals surface area contributed by atoms with Crippen LogP contribution in [0.5, 0.6) is 5.75 Å². The summed E-state index contributed by atoms with van der Waals surface area (Å²) < 4.78 is 82.3. The van der Waals surface area contributed by atoms with Crippen molar-refractivity contribution in [2.24, 2.45) is 0 Å². The van der Waals surface area contributed by atoms with Crippen molar-refractivity contribution in [1.82, 2.24) is 15.2 Å². The van der Waals surface area contributed by atoms with Crippen molar-refractivity contribution in [3.8, 4) is 16.9 Å². The molecule has 0 fully saturated rings. The van der Waals surface area contributed by atoms with Gasteiger partial charge in [-0.05, 0) is 43.5 Å². The van der Waals surface area contributed by atoms with Gasteiger partial charge in [0.2, 0.25) is 0 Å². The molecule has 0 aliphatic carbocycles. The third kappa shape index (κ3) is 7.16. The first-order chi connectivity index (χ1) is 15.8. The van der Waals surface area contributed by atoms with Crippen LogP contribution in [0.1, 0.15) is 38.3 Å². The molecule has 0 saturated heterocycles. The van der Waals surface area contributed by atoms with Gasteiger partial charge in [-0.3, -0.25) is 0 Å². The molecule has 1 unspecified atom stereocenters. The highest BCUT2D eigenvalue weighted by atomic mass is 19.4. The first-order valence-electron chi connectivity index (χ1n) is 10.4. The molecule has 1 aromatic heterocycles. The molecular formula is C22H26F6N4O2. The summed E-state index contributed by atoms with van der Waals surface area (Å²) in [5, 5.41) is 1.72. The summed E-state index contributed by atoms with van der Waals surface area (Å²) in [6.07, 6.45) is -11.2. The monoisotopic (exact) mass is 492 g/mol. The highest BCUT2D eigenvalue weighted by Gasteiger charge is 2.43. The lowest BCUT2D eigenvalue weighted by Crippen LogP contribution is -2.51. The van der Waals surface area contributed by atoms with Crippen LogP contribution in [-0.2, 0) is 0 Å². The Bertz CT molecular complexity index is 981. The van der Waals surface area contributed by atoms with Gasteiger partial charge in [-0.2, -0.15) is 26.3 Å². The number of rotatable bonds is 8. The first kappa shape index (κ1) is 27.1. The lowest BCUT2D eigenvalue weighted by molar-refractivity contribution is -0.171. The van der Waals surface area contributed by atoms with Gasteiger partial charge in [-0.15, -0.1) is 0 Å². The van der Waals surface area contributed by atoms with E-state index in [0.717, 1.165) is 4.90 Å². The van der Waals surface area contributed by atoms with Crippen LogP contribution in [0, 0.1) is 0 Å². The van der Waals surface area contributed by atoms with Gasteiger partial charge in [0.25, 0.3) is 0 Å². The van der Waals surface area contributed by atoms with Crippen molar-refractivity contribution in [2.45, 2.75) is 51.1 Å². The average molecular weight is 492 g/mol. The standard InChI is InChI=1S/C22H26F6N4O2/c1-4-32(20(33)31-18(22(26,27)28)8-9-21(23,24)25)13(2)14-6-5-7-15(10-14)16-11-17(34-3)19(29)30-12-16/h5-7,10-13,18H,4,8-9H2,1-3H3,(H2,29,30)(H,31,33)/t13?,18-/m0/s1. The van der Waals surface area contributed by atoms with Crippen LogP contribution in [0.2, 0.25) is 0 Å². The normalized spacial score (nSPS) is 13.8. The van der Waals surface area contributed by atoms with E-state index in [0.29, 0.717) is 22.4 Å². The smallest absolute Gasteiger partial charge is 0.408 e. The van der Waals surface area contributed by atoms with E-state index in [4.69, 9.17) is 10.5 Å². The van der Waals surface area contributed by atoms with Gasteiger partial charge in [0.05, 0.1) is 13.2 Å². The van der Waals surface area contributed by atoms with Crippen LogP contribution >= 0.6 is 0 Å². The zero-order chi connectivity index (χ0) is 25.7. The number of pyridine rings is 1. The Morgan fingerprint density at radius 3 is 2.41 bits per heavy atom. The third-order valence-electron chi connectivity index (χ3n) is 5.28. The largest absolute Gasteiger partial charge is 0.493 e. The average Bonchev–Trinajstić information content (AvgIpc) is 2.76. The number of urea groups is 1. The topological polar surface area (TPSA) is 80.5 Å². The van der Waals surface area contributed by atoms with E-state index >= 15 is 0 Å². The molecule has 2 atom stereocenters. The second kappa shape index (κ2) is 10.8. The summed E-state index contributed by atoms with van der Waals surface area (Å²) in [6, 6.07) is 4.17. The van der Waals surface area contributed by atoms with Crippen molar-refractivity contribution >= 4 is 11.8 Å². The van der Waals surface area contributed by atoms with Gasteiger partial charge < -0.3 is 20.7 Å². The van der Waals surface area contributed by atoms with Gasteiger partial charge in [0.15, 0.2) is 11.6 Å². The van der Waals surface area contributed by atoms with Crippen LogP contribution < -0.4 is 15.8 Å². The van der Waals surface area contributed by atoms with Crippen LogP contribution in [0.3, 0.4) is 0 Å². The fourth-order valence-electron chi connectivity index (χ4n) is 3.39. The van der Waals surface area contributed by atoms with Gasteiger partial charge >= 0.3 is 18.4 Å². The number of carbonyl (C=O) groups excluding carboxylic acids is 1. The number of nitrogen functional groups attached to an aromatic ring is 1. The Hall–Kier alpha value is -3.18. The number of hydrogen-bond donors (Lipinski definition) is 2. The maximum absolute atomic E-state index is 13.3. The predicted molar refractivity (Wildman–Crippen MR) is 115 cm³/mol. The molecule has 1 aromatic carbocycles. The van der Waals surface area contributed by atoms with Gasteiger partial charge in [-0.1, -0.05) is 18.2 Å². The molecule has 188 valence electrons. The molecule has 0 aliphatic heterocycles. The number of methoxy groups -OCH3 is 1. The minimum Gasteiger partial charge on any atom is -0.493 e. The van der Waals surface area contributed by atoms with Crippen molar-refractivity contribution in [3.05, 3.63) is 42.1 Å². The fraction of sp³-hybridized carbons (Fsp3) is 0.455. The summed E-state index contributed by atoms with van der Waals surface area (Å²) in [6.45, 7) is 3.20. The molecule has 2 aromatic rings. The molecule has 0 bridgehead atoms. The molecule has 12 heteroatoms. The number of amides is 2. The highest BCUT2D eigenvalue weighted by Crippen LogP contribution is 2.31. The van der Waals surface area contributed by atoms with E-state index in [2.05, 4.69) is 4.98 Å². The van der Waals surface area contributed by atoms with Crippen molar-refractivity contribution < 1.29 is 35.9 Å². The Morgan fingerprint density at radius 2 is 1.85 bits per heavy atom. The lowest BCUT2D eigenvalue weighted by Gasteiger charge is -2.31. The predicted octanol–water partition coefficient (Wildman–Crippen LogP) is 5.71. The maximum Gasteiger partial charge on any atom is 0.408 e. The van der Waals surface area contributed by atoms with Gasteiger partial charge in [0.1, 0.15) is 6.04 Å². The number of ether oxygens (including phenoxy) is 1. The Labute approximate surface area is 193 Å². The number of nitrogens with two attached hydrogens (primary N) is 1. The number of carbonyl (C=O) groups is 1. The number of nitrogens with zero attached hydrogens (tertiary/aromatic N) is 2. The van der Waals surface area contributed by atoms with Crippen molar-refractivity contribution in [1.29, 1.82) is 0 Å². The molecule has 34 heavy (non-hydrogen) atoms. The molecule has 0 saturated carbocycles. The summed E-state index contributed by atoms with van der Waals surface area (Å²) in [7, 11) is 1.44.